The highest BCUT2D eigenvalue weighted by atomic mass is 35.5. The van der Waals surface area contributed by atoms with Crippen LogP contribution in [-0.2, 0) is 9.59 Å². The minimum Gasteiger partial charge on any atom is -0.368 e. The highest BCUT2D eigenvalue weighted by molar-refractivity contribution is 6.31. The second-order valence-electron chi connectivity index (χ2n) is 7.02. The highest BCUT2D eigenvalue weighted by Gasteiger charge is 2.54. The van der Waals surface area contributed by atoms with E-state index < -0.39 is 36.6 Å². The van der Waals surface area contributed by atoms with Gasteiger partial charge in [-0.05, 0) is 31.5 Å². The number of fused-ring (bicyclic) bond motifs is 3. The molecule has 3 aliphatic heterocycles. The topological polar surface area (TPSA) is 103 Å². The molecule has 0 bridgehead atoms. The summed E-state index contributed by atoms with van der Waals surface area (Å²) in [5, 5.41) is 0.621. The Morgan fingerprint density at radius 1 is 1.29 bits per heavy atom. The maximum absolute atomic E-state index is 13.0. The van der Waals surface area contributed by atoms with Crippen LogP contribution >= 0.6 is 11.6 Å². The number of primary amides is 1. The summed E-state index contributed by atoms with van der Waals surface area (Å²) < 4.78 is 0. The smallest absolute Gasteiger partial charge is 0.328 e. The van der Waals surface area contributed by atoms with Crippen LogP contribution in [0.5, 0.6) is 0 Å². The predicted molar refractivity (Wildman–Crippen MR) is 103 cm³/mol. The Labute approximate surface area is 166 Å². The van der Waals surface area contributed by atoms with Crippen molar-refractivity contribution in [2.45, 2.75) is 26.1 Å². The van der Waals surface area contributed by atoms with Gasteiger partial charge in [0.05, 0.1) is 5.69 Å². The third-order valence-corrected chi connectivity index (χ3v) is 5.52. The van der Waals surface area contributed by atoms with Crippen molar-refractivity contribution in [3.8, 4) is 0 Å². The summed E-state index contributed by atoms with van der Waals surface area (Å²) in [5.41, 5.74) is 7.81. The molecule has 2 atom stereocenters. The van der Waals surface area contributed by atoms with E-state index >= 15 is 0 Å². The van der Waals surface area contributed by atoms with Crippen molar-refractivity contribution >= 4 is 41.1 Å². The number of hydrogen-bond donors (Lipinski definition) is 1. The van der Waals surface area contributed by atoms with E-state index in [1.54, 1.807) is 18.1 Å². The molecule has 1 aromatic carbocycles. The van der Waals surface area contributed by atoms with Crippen LogP contribution in [0.15, 0.2) is 35.1 Å². The Morgan fingerprint density at radius 3 is 2.64 bits per heavy atom. The molecule has 146 valence electrons. The summed E-state index contributed by atoms with van der Waals surface area (Å²) >= 11 is 6.28. The van der Waals surface area contributed by atoms with E-state index in [0.717, 1.165) is 21.8 Å². The molecule has 0 spiro atoms. The van der Waals surface area contributed by atoms with Crippen molar-refractivity contribution in [1.82, 2.24) is 14.7 Å². The molecule has 1 fully saturated rings. The van der Waals surface area contributed by atoms with Crippen molar-refractivity contribution in [2.24, 2.45) is 10.7 Å². The molecule has 9 nitrogen and oxygen atoms in total. The SMILES string of the molecule is CC1=CN2C(=NC3C2C(=O)N(CC(N)=O)C(=O)N3C)N1c1ccc(C)c(Cl)c1. The van der Waals surface area contributed by atoms with Crippen molar-refractivity contribution in [2.75, 3.05) is 18.5 Å². The fraction of sp³-hybridized carbons (Fsp3) is 0.333. The highest BCUT2D eigenvalue weighted by Crippen LogP contribution is 2.37. The van der Waals surface area contributed by atoms with Gasteiger partial charge in [-0.3, -0.25) is 19.4 Å². The molecule has 0 radical (unpaired) electrons. The molecule has 4 rings (SSSR count). The average Bonchev–Trinajstić information content (AvgIpc) is 3.14. The molecule has 1 saturated heterocycles. The van der Waals surface area contributed by atoms with Crippen LogP contribution in [0.4, 0.5) is 10.5 Å². The first-order valence-corrected chi connectivity index (χ1v) is 9.06. The zero-order valence-electron chi connectivity index (χ0n) is 15.6. The number of nitrogens with zero attached hydrogens (tertiary/aromatic N) is 5. The lowest BCUT2D eigenvalue weighted by molar-refractivity contribution is -0.139. The molecule has 3 heterocycles. The van der Waals surface area contributed by atoms with E-state index in [-0.39, 0.29) is 0 Å². The predicted octanol–water partition coefficient (Wildman–Crippen LogP) is 1.08. The van der Waals surface area contributed by atoms with Crippen LogP contribution in [0.1, 0.15) is 12.5 Å². The Balaban J connectivity index is 1.73. The molecular weight excluding hydrogens is 384 g/mol. The Hall–Kier alpha value is -3.07. The van der Waals surface area contributed by atoms with E-state index in [1.165, 1.54) is 4.90 Å². The van der Waals surface area contributed by atoms with Gasteiger partial charge in [0, 0.05) is 24.0 Å². The average molecular weight is 403 g/mol. The number of carbonyl (C=O) groups is 3. The molecule has 2 N–H and O–H groups in total. The Kier molecular flexibility index (Phi) is 4.07. The van der Waals surface area contributed by atoms with E-state index in [9.17, 15) is 14.4 Å². The summed E-state index contributed by atoms with van der Waals surface area (Å²) in [6.45, 7) is 3.35. The van der Waals surface area contributed by atoms with Crippen LogP contribution in [-0.4, -0.2) is 64.3 Å². The van der Waals surface area contributed by atoms with Crippen molar-refractivity contribution in [3.05, 3.63) is 40.7 Å². The zero-order chi connectivity index (χ0) is 20.3. The number of hydrogen-bond acceptors (Lipinski definition) is 6. The number of amides is 4. The van der Waals surface area contributed by atoms with E-state index in [1.807, 2.05) is 36.9 Å². The van der Waals surface area contributed by atoms with Crippen LogP contribution in [0.3, 0.4) is 0 Å². The van der Waals surface area contributed by atoms with E-state index in [4.69, 9.17) is 17.3 Å². The van der Waals surface area contributed by atoms with Gasteiger partial charge in [-0.25, -0.2) is 9.79 Å². The van der Waals surface area contributed by atoms with Gasteiger partial charge in [0.15, 0.2) is 12.2 Å². The number of anilines is 1. The number of aliphatic imine (C=N–C) groups is 1. The van der Waals surface area contributed by atoms with Crippen LogP contribution in [0.2, 0.25) is 5.02 Å². The molecule has 3 aliphatic rings. The molecule has 0 saturated carbocycles. The van der Waals surface area contributed by atoms with Gasteiger partial charge in [-0.15, -0.1) is 0 Å². The van der Waals surface area contributed by atoms with Gasteiger partial charge in [0.1, 0.15) is 6.54 Å². The summed E-state index contributed by atoms with van der Waals surface area (Å²) in [7, 11) is 1.55. The number of nitrogens with two attached hydrogens (primary N) is 1. The number of likely N-dealkylation sites (N-methyl/N-ethyl adjacent to an activating group) is 1. The second kappa shape index (κ2) is 6.23. The lowest BCUT2D eigenvalue weighted by Gasteiger charge is -2.39. The van der Waals surface area contributed by atoms with Crippen LogP contribution in [0.25, 0.3) is 0 Å². The van der Waals surface area contributed by atoms with Gasteiger partial charge in [-0.1, -0.05) is 17.7 Å². The first-order valence-electron chi connectivity index (χ1n) is 8.68. The maximum Gasteiger partial charge on any atom is 0.328 e. The minimum atomic E-state index is -0.753. The maximum atomic E-state index is 13.0. The molecule has 0 aliphatic carbocycles. The summed E-state index contributed by atoms with van der Waals surface area (Å²) in [6.07, 6.45) is 1.12. The normalized spacial score (nSPS) is 23.7. The van der Waals surface area contributed by atoms with Gasteiger partial charge in [0.2, 0.25) is 11.9 Å². The molecule has 2 unspecified atom stereocenters. The number of carbonyl (C=O) groups excluding carboxylic acids is 3. The molecule has 28 heavy (non-hydrogen) atoms. The third kappa shape index (κ3) is 2.54. The number of urea groups is 1. The summed E-state index contributed by atoms with van der Waals surface area (Å²) in [4.78, 5) is 47.3. The van der Waals surface area contributed by atoms with Crippen LogP contribution < -0.4 is 10.6 Å². The summed E-state index contributed by atoms with van der Waals surface area (Å²) in [6, 6.07) is 4.31. The third-order valence-electron chi connectivity index (χ3n) is 5.12. The number of aryl methyl sites for hydroxylation is 1. The van der Waals surface area contributed by atoms with Gasteiger partial charge >= 0.3 is 6.03 Å². The van der Waals surface area contributed by atoms with Crippen molar-refractivity contribution < 1.29 is 14.4 Å². The van der Waals surface area contributed by atoms with Crippen molar-refractivity contribution in [1.29, 1.82) is 0 Å². The first-order chi connectivity index (χ1) is 13.2. The van der Waals surface area contributed by atoms with Crippen LogP contribution in [0, 0.1) is 6.92 Å². The van der Waals surface area contributed by atoms with Gasteiger partial charge < -0.3 is 15.5 Å². The monoisotopic (exact) mass is 402 g/mol. The van der Waals surface area contributed by atoms with E-state index in [2.05, 4.69) is 4.99 Å². The number of allylic oxidation sites excluding steroid dienone is 1. The Bertz CT molecular complexity index is 974. The number of halogens is 1. The zero-order valence-corrected chi connectivity index (χ0v) is 16.3. The molecule has 4 amide bonds. The molecular formula is C18H19ClN6O3. The standard InChI is InChI=1S/C18H19ClN6O3/c1-9-4-5-11(6-12(9)19)25-10(2)7-23-14-15(21-17(23)25)22(3)18(28)24(16(14)27)8-13(20)26/h4-7,14-15H,8H2,1-3H3,(H2,20,26). The Morgan fingerprint density at radius 2 is 2.00 bits per heavy atom. The number of benzene rings is 1. The molecule has 0 aromatic heterocycles. The first kappa shape index (κ1) is 18.3. The summed E-state index contributed by atoms with van der Waals surface area (Å²) in [5.74, 6) is -0.725. The number of guanidine groups is 1. The number of imide groups is 1. The number of rotatable bonds is 3. The van der Waals surface area contributed by atoms with Gasteiger partial charge in [-0.2, -0.15) is 0 Å². The van der Waals surface area contributed by atoms with Crippen molar-refractivity contribution in [3.63, 3.8) is 0 Å². The minimum absolute atomic E-state index is 0.464. The quantitative estimate of drug-likeness (QED) is 0.814. The lowest BCUT2D eigenvalue weighted by atomic mass is 10.1. The largest absolute Gasteiger partial charge is 0.368 e. The molecule has 10 heteroatoms. The fourth-order valence-electron chi connectivity index (χ4n) is 3.70. The fourth-order valence-corrected chi connectivity index (χ4v) is 3.87. The lowest BCUT2D eigenvalue weighted by Crippen LogP contribution is -2.65. The van der Waals surface area contributed by atoms with E-state index in [0.29, 0.717) is 11.0 Å². The second-order valence-corrected chi connectivity index (χ2v) is 7.43. The van der Waals surface area contributed by atoms with Gasteiger partial charge in [0.25, 0.3) is 5.91 Å². The molecule has 1 aromatic rings.